The standard InChI is InChI=1S/C17H21BrN2O/c1-12(2)10-19-11-14-8-13(3)20-17(9-14)21-16-7-5-4-6-15(16)18/h4-9,12,19H,10-11H2,1-3H3. The molecule has 1 aromatic heterocycles. The van der Waals surface area contributed by atoms with E-state index in [0.29, 0.717) is 11.8 Å². The van der Waals surface area contributed by atoms with Crippen LogP contribution in [0.2, 0.25) is 0 Å². The van der Waals surface area contributed by atoms with Gasteiger partial charge in [0.2, 0.25) is 5.88 Å². The van der Waals surface area contributed by atoms with Crippen molar-refractivity contribution in [2.45, 2.75) is 27.3 Å². The first-order valence-electron chi connectivity index (χ1n) is 7.15. The first kappa shape index (κ1) is 16.0. The van der Waals surface area contributed by atoms with Crippen LogP contribution in [-0.2, 0) is 6.54 Å². The van der Waals surface area contributed by atoms with Crippen LogP contribution in [-0.4, -0.2) is 11.5 Å². The summed E-state index contributed by atoms with van der Waals surface area (Å²) in [6.45, 7) is 8.22. The average molecular weight is 349 g/mol. The van der Waals surface area contributed by atoms with Gasteiger partial charge in [-0.15, -0.1) is 0 Å². The smallest absolute Gasteiger partial charge is 0.219 e. The monoisotopic (exact) mass is 348 g/mol. The Labute approximate surface area is 134 Å². The topological polar surface area (TPSA) is 34.1 Å². The molecule has 0 unspecified atom stereocenters. The van der Waals surface area contributed by atoms with Gasteiger partial charge < -0.3 is 10.1 Å². The van der Waals surface area contributed by atoms with Crippen LogP contribution in [0.15, 0.2) is 40.9 Å². The number of aromatic nitrogens is 1. The van der Waals surface area contributed by atoms with Crippen molar-refractivity contribution in [3.05, 3.63) is 52.1 Å². The number of nitrogens with one attached hydrogen (secondary N) is 1. The number of hydrogen-bond donors (Lipinski definition) is 1. The second-order valence-electron chi connectivity index (χ2n) is 5.51. The van der Waals surface area contributed by atoms with E-state index in [9.17, 15) is 0 Å². The Morgan fingerprint density at radius 2 is 2.00 bits per heavy atom. The highest BCUT2D eigenvalue weighted by atomic mass is 79.9. The van der Waals surface area contributed by atoms with Crippen LogP contribution in [0.3, 0.4) is 0 Å². The van der Waals surface area contributed by atoms with E-state index >= 15 is 0 Å². The Morgan fingerprint density at radius 1 is 1.24 bits per heavy atom. The van der Waals surface area contributed by atoms with Gasteiger partial charge in [0.1, 0.15) is 5.75 Å². The fraction of sp³-hybridized carbons (Fsp3) is 0.353. The minimum atomic E-state index is 0.628. The number of rotatable bonds is 6. The van der Waals surface area contributed by atoms with E-state index in [2.05, 4.69) is 46.1 Å². The number of ether oxygens (including phenoxy) is 1. The van der Waals surface area contributed by atoms with Crippen LogP contribution in [0.5, 0.6) is 11.6 Å². The van der Waals surface area contributed by atoms with Crippen LogP contribution >= 0.6 is 15.9 Å². The molecule has 1 N–H and O–H groups in total. The van der Waals surface area contributed by atoms with Crippen molar-refractivity contribution < 1.29 is 4.74 Å². The number of pyridine rings is 1. The molecule has 0 aliphatic heterocycles. The molecule has 21 heavy (non-hydrogen) atoms. The van der Waals surface area contributed by atoms with Gasteiger partial charge in [0.15, 0.2) is 0 Å². The van der Waals surface area contributed by atoms with Crippen molar-refractivity contribution in [1.82, 2.24) is 10.3 Å². The van der Waals surface area contributed by atoms with Crippen molar-refractivity contribution in [2.24, 2.45) is 5.92 Å². The zero-order valence-corrected chi connectivity index (χ0v) is 14.3. The van der Waals surface area contributed by atoms with Gasteiger partial charge in [-0.3, -0.25) is 0 Å². The lowest BCUT2D eigenvalue weighted by atomic mass is 10.2. The molecular weight excluding hydrogens is 328 g/mol. The lowest BCUT2D eigenvalue weighted by Gasteiger charge is -2.11. The van der Waals surface area contributed by atoms with Gasteiger partial charge >= 0.3 is 0 Å². The fourth-order valence-electron chi connectivity index (χ4n) is 2.01. The lowest BCUT2D eigenvalue weighted by molar-refractivity contribution is 0.457. The fourth-order valence-corrected chi connectivity index (χ4v) is 2.37. The largest absolute Gasteiger partial charge is 0.438 e. The van der Waals surface area contributed by atoms with Crippen molar-refractivity contribution in [1.29, 1.82) is 0 Å². The molecule has 1 aromatic carbocycles. The minimum Gasteiger partial charge on any atom is -0.438 e. The Balaban J connectivity index is 2.10. The molecule has 0 saturated heterocycles. The first-order valence-corrected chi connectivity index (χ1v) is 7.94. The van der Waals surface area contributed by atoms with E-state index in [1.165, 1.54) is 5.56 Å². The maximum atomic E-state index is 5.87. The third-order valence-electron chi connectivity index (χ3n) is 2.92. The van der Waals surface area contributed by atoms with E-state index in [4.69, 9.17) is 4.74 Å². The summed E-state index contributed by atoms with van der Waals surface area (Å²) in [6, 6.07) is 11.9. The van der Waals surface area contributed by atoms with Crippen LogP contribution in [0.25, 0.3) is 0 Å². The molecule has 2 aromatic rings. The van der Waals surface area contributed by atoms with E-state index in [1.54, 1.807) is 0 Å². The van der Waals surface area contributed by atoms with E-state index in [0.717, 1.165) is 29.0 Å². The molecule has 0 amide bonds. The lowest BCUT2D eigenvalue weighted by Crippen LogP contribution is -2.19. The second-order valence-corrected chi connectivity index (χ2v) is 6.37. The number of aryl methyl sites for hydroxylation is 1. The molecule has 0 spiro atoms. The summed E-state index contributed by atoms with van der Waals surface area (Å²) in [5.74, 6) is 2.05. The molecule has 0 bridgehead atoms. The van der Waals surface area contributed by atoms with Crippen molar-refractivity contribution in [3.63, 3.8) is 0 Å². The Hall–Kier alpha value is -1.39. The summed E-state index contributed by atoms with van der Waals surface area (Å²) in [5.41, 5.74) is 2.14. The summed E-state index contributed by atoms with van der Waals surface area (Å²) in [6.07, 6.45) is 0. The van der Waals surface area contributed by atoms with Crippen LogP contribution in [0.1, 0.15) is 25.1 Å². The van der Waals surface area contributed by atoms with Crippen LogP contribution in [0, 0.1) is 12.8 Å². The molecule has 0 aliphatic rings. The highest BCUT2D eigenvalue weighted by molar-refractivity contribution is 9.10. The maximum Gasteiger partial charge on any atom is 0.219 e. The van der Waals surface area contributed by atoms with E-state index in [1.807, 2.05) is 37.3 Å². The zero-order chi connectivity index (χ0) is 15.2. The maximum absolute atomic E-state index is 5.87. The molecule has 0 aliphatic carbocycles. The molecule has 1 heterocycles. The summed E-state index contributed by atoms with van der Waals surface area (Å²) in [4.78, 5) is 4.44. The Bertz CT molecular complexity index is 599. The Morgan fingerprint density at radius 3 is 2.71 bits per heavy atom. The molecule has 2 rings (SSSR count). The molecule has 0 atom stereocenters. The van der Waals surface area contributed by atoms with Crippen molar-refractivity contribution in [3.8, 4) is 11.6 Å². The SMILES string of the molecule is Cc1cc(CNCC(C)C)cc(Oc2ccccc2Br)n1. The molecule has 4 heteroatoms. The van der Waals surface area contributed by atoms with E-state index < -0.39 is 0 Å². The van der Waals surface area contributed by atoms with Gasteiger partial charge in [0.05, 0.1) is 4.47 Å². The van der Waals surface area contributed by atoms with Gasteiger partial charge in [0.25, 0.3) is 0 Å². The first-order chi connectivity index (χ1) is 10.0. The van der Waals surface area contributed by atoms with E-state index in [-0.39, 0.29) is 0 Å². The third kappa shape index (κ3) is 5.14. The van der Waals surface area contributed by atoms with Gasteiger partial charge in [-0.2, -0.15) is 0 Å². The molecule has 112 valence electrons. The third-order valence-corrected chi connectivity index (χ3v) is 3.58. The summed E-state index contributed by atoms with van der Waals surface area (Å²) in [7, 11) is 0. The average Bonchev–Trinajstić information content (AvgIpc) is 2.40. The Kier molecular flexibility index (Phi) is 5.76. The number of benzene rings is 1. The van der Waals surface area contributed by atoms with Gasteiger partial charge in [-0.05, 0) is 59.1 Å². The number of para-hydroxylation sites is 1. The molecule has 0 radical (unpaired) electrons. The van der Waals surface area contributed by atoms with Crippen LogP contribution in [0.4, 0.5) is 0 Å². The normalized spacial score (nSPS) is 10.9. The summed E-state index contributed by atoms with van der Waals surface area (Å²) in [5, 5.41) is 3.44. The van der Waals surface area contributed by atoms with Crippen LogP contribution < -0.4 is 10.1 Å². The van der Waals surface area contributed by atoms with Gasteiger partial charge in [0, 0.05) is 18.3 Å². The quantitative estimate of drug-likeness (QED) is 0.822. The second kappa shape index (κ2) is 7.57. The summed E-state index contributed by atoms with van der Waals surface area (Å²) < 4.78 is 6.80. The zero-order valence-electron chi connectivity index (χ0n) is 12.7. The summed E-state index contributed by atoms with van der Waals surface area (Å²) >= 11 is 3.48. The number of hydrogen-bond acceptors (Lipinski definition) is 3. The van der Waals surface area contributed by atoms with Gasteiger partial charge in [-0.1, -0.05) is 26.0 Å². The van der Waals surface area contributed by atoms with Crippen molar-refractivity contribution in [2.75, 3.05) is 6.54 Å². The number of nitrogens with zero attached hydrogens (tertiary/aromatic N) is 1. The van der Waals surface area contributed by atoms with Gasteiger partial charge in [-0.25, -0.2) is 4.98 Å². The minimum absolute atomic E-state index is 0.628. The number of halogens is 1. The predicted octanol–water partition coefficient (Wildman–Crippen LogP) is 4.69. The van der Waals surface area contributed by atoms with Crippen molar-refractivity contribution >= 4 is 15.9 Å². The molecule has 0 fully saturated rings. The highest BCUT2D eigenvalue weighted by Crippen LogP contribution is 2.28. The predicted molar refractivity (Wildman–Crippen MR) is 89.7 cm³/mol. The molecule has 3 nitrogen and oxygen atoms in total. The molecule has 0 saturated carbocycles. The molecular formula is C17H21BrN2O. The highest BCUT2D eigenvalue weighted by Gasteiger charge is 2.05.